The summed E-state index contributed by atoms with van der Waals surface area (Å²) in [5.41, 5.74) is 2.44. The largest absolute Gasteiger partial charge is 0.465 e. The number of carbonyl (C=O) groups is 3. The second kappa shape index (κ2) is 6.28. The van der Waals surface area contributed by atoms with E-state index in [1.807, 2.05) is 17.0 Å². The van der Waals surface area contributed by atoms with Crippen LogP contribution in [0.25, 0.3) is 0 Å². The predicted octanol–water partition coefficient (Wildman–Crippen LogP) is 2.76. The molecule has 3 aliphatic rings. The van der Waals surface area contributed by atoms with Crippen LogP contribution in [0, 0.1) is 17.8 Å². The lowest BCUT2D eigenvalue weighted by atomic mass is 9.67. The molecular weight excluding hydrogens is 318 g/mol. The number of rotatable bonds is 2. The van der Waals surface area contributed by atoms with Crippen molar-refractivity contribution in [2.75, 3.05) is 18.6 Å². The number of nitrogens with zero attached hydrogens (tertiary/aromatic N) is 1. The van der Waals surface area contributed by atoms with Gasteiger partial charge in [0, 0.05) is 30.0 Å². The molecule has 0 spiro atoms. The Morgan fingerprint density at radius 3 is 2.56 bits per heavy atom. The third-order valence-electron chi connectivity index (χ3n) is 6.06. The van der Waals surface area contributed by atoms with Crippen LogP contribution in [0.3, 0.4) is 0 Å². The summed E-state index contributed by atoms with van der Waals surface area (Å²) in [6.07, 6.45) is 5.17. The Hall–Kier alpha value is -2.17. The zero-order valence-electron chi connectivity index (χ0n) is 14.5. The molecule has 1 aromatic carbocycles. The Balaban J connectivity index is 1.53. The number of fused-ring (bicyclic) bond motifs is 3. The Labute approximate surface area is 147 Å². The van der Waals surface area contributed by atoms with Gasteiger partial charge in [-0.3, -0.25) is 9.59 Å². The highest BCUT2D eigenvalue weighted by molar-refractivity contribution is 5.99. The van der Waals surface area contributed by atoms with Crippen molar-refractivity contribution in [3.05, 3.63) is 29.3 Å². The lowest BCUT2D eigenvalue weighted by Gasteiger charge is -2.38. The Bertz CT molecular complexity index is 725. The van der Waals surface area contributed by atoms with Crippen LogP contribution in [0.2, 0.25) is 0 Å². The van der Waals surface area contributed by atoms with Crippen molar-refractivity contribution < 1.29 is 19.1 Å². The fourth-order valence-electron chi connectivity index (χ4n) is 4.78. The van der Waals surface area contributed by atoms with E-state index in [-0.39, 0.29) is 29.6 Å². The molecule has 132 valence electrons. The van der Waals surface area contributed by atoms with Gasteiger partial charge in [0.05, 0.1) is 12.7 Å². The molecule has 5 nitrogen and oxygen atoms in total. The van der Waals surface area contributed by atoms with Crippen LogP contribution in [0.5, 0.6) is 0 Å². The van der Waals surface area contributed by atoms with Crippen molar-refractivity contribution in [3.8, 4) is 0 Å². The van der Waals surface area contributed by atoms with Crippen LogP contribution < -0.4 is 4.90 Å². The predicted molar refractivity (Wildman–Crippen MR) is 92.4 cm³/mol. The molecule has 4 rings (SSSR count). The van der Waals surface area contributed by atoms with Crippen LogP contribution in [0.15, 0.2) is 18.2 Å². The SMILES string of the molecule is COC(=O)c1ccc2c(c1)CCN2C(=O)C1CC2CCCC(C1)C2=O. The molecule has 2 unspecified atom stereocenters. The van der Waals surface area contributed by atoms with E-state index in [2.05, 4.69) is 0 Å². The number of benzene rings is 1. The second-order valence-corrected chi connectivity index (χ2v) is 7.47. The molecular formula is C20H23NO4. The molecule has 2 atom stereocenters. The number of amides is 1. The standard InChI is InChI=1S/C20H23NO4/c1-25-20(24)15-5-6-17-12(9-15)7-8-21(17)19(23)16-10-13-3-2-4-14(11-16)18(13)22/h5-6,9,13-14,16H,2-4,7-8,10-11H2,1H3. The molecule has 2 fully saturated rings. The van der Waals surface area contributed by atoms with Crippen LogP contribution >= 0.6 is 0 Å². The molecule has 1 amide bonds. The highest BCUT2D eigenvalue weighted by Crippen LogP contribution is 2.42. The van der Waals surface area contributed by atoms with Gasteiger partial charge in [0.1, 0.15) is 5.78 Å². The molecule has 0 radical (unpaired) electrons. The molecule has 0 aromatic heterocycles. The number of carbonyl (C=O) groups excluding carboxylic acids is 3. The minimum absolute atomic E-state index is 0.0424. The van der Waals surface area contributed by atoms with E-state index in [4.69, 9.17) is 4.74 Å². The molecule has 1 heterocycles. The second-order valence-electron chi connectivity index (χ2n) is 7.47. The first-order chi connectivity index (χ1) is 12.1. The first-order valence-electron chi connectivity index (χ1n) is 9.15. The topological polar surface area (TPSA) is 63.7 Å². The van der Waals surface area contributed by atoms with Crippen molar-refractivity contribution in [1.29, 1.82) is 0 Å². The highest BCUT2D eigenvalue weighted by Gasteiger charge is 2.43. The lowest BCUT2D eigenvalue weighted by Crippen LogP contribution is -2.43. The summed E-state index contributed by atoms with van der Waals surface area (Å²) in [6, 6.07) is 5.39. The van der Waals surface area contributed by atoms with Gasteiger partial charge in [0.15, 0.2) is 0 Å². The van der Waals surface area contributed by atoms with Gasteiger partial charge in [0.2, 0.25) is 5.91 Å². The Kier molecular flexibility index (Phi) is 4.10. The molecule has 1 aromatic rings. The van der Waals surface area contributed by atoms with E-state index in [1.165, 1.54) is 7.11 Å². The summed E-state index contributed by atoms with van der Waals surface area (Å²) in [5.74, 6) is 0.315. The number of hydrogen-bond acceptors (Lipinski definition) is 4. The molecule has 0 N–H and O–H groups in total. The fourth-order valence-corrected chi connectivity index (χ4v) is 4.78. The van der Waals surface area contributed by atoms with Crippen molar-refractivity contribution in [1.82, 2.24) is 0 Å². The summed E-state index contributed by atoms with van der Waals surface area (Å²) in [5, 5.41) is 0. The minimum Gasteiger partial charge on any atom is -0.465 e. The summed E-state index contributed by atoms with van der Waals surface area (Å²) >= 11 is 0. The van der Waals surface area contributed by atoms with E-state index in [0.717, 1.165) is 36.9 Å². The van der Waals surface area contributed by atoms with E-state index < -0.39 is 0 Å². The quantitative estimate of drug-likeness (QED) is 0.776. The molecule has 5 heteroatoms. The molecule has 1 aliphatic heterocycles. The first-order valence-corrected chi connectivity index (χ1v) is 9.15. The van der Waals surface area contributed by atoms with Gasteiger partial charge in [-0.2, -0.15) is 0 Å². The Morgan fingerprint density at radius 1 is 1.16 bits per heavy atom. The smallest absolute Gasteiger partial charge is 0.337 e. The van der Waals surface area contributed by atoms with E-state index in [9.17, 15) is 14.4 Å². The van der Waals surface area contributed by atoms with Gasteiger partial charge < -0.3 is 9.64 Å². The maximum Gasteiger partial charge on any atom is 0.337 e. The lowest BCUT2D eigenvalue weighted by molar-refractivity contribution is -0.136. The van der Waals surface area contributed by atoms with Crippen molar-refractivity contribution >= 4 is 23.3 Å². The van der Waals surface area contributed by atoms with Crippen LogP contribution in [0.4, 0.5) is 5.69 Å². The molecule has 2 bridgehead atoms. The van der Waals surface area contributed by atoms with Gasteiger partial charge in [0.25, 0.3) is 0 Å². The van der Waals surface area contributed by atoms with E-state index in [0.29, 0.717) is 30.7 Å². The first kappa shape index (κ1) is 16.3. The zero-order valence-corrected chi connectivity index (χ0v) is 14.5. The maximum absolute atomic E-state index is 13.1. The third kappa shape index (κ3) is 2.75. The van der Waals surface area contributed by atoms with Gasteiger partial charge in [-0.05, 0) is 55.9 Å². The van der Waals surface area contributed by atoms with Crippen molar-refractivity contribution in [2.45, 2.75) is 38.5 Å². The number of ketones is 1. The van der Waals surface area contributed by atoms with Crippen molar-refractivity contribution in [2.24, 2.45) is 17.8 Å². The number of ether oxygens (including phenoxy) is 1. The van der Waals surface area contributed by atoms with E-state index >= 15 is 0 Å². The molecule has 2 aliphatic carbocycles. The van der Waals surface area contributed by atoms with Gasteiger partial charge in [-0.25, -0.2) is 4.79 Å². The zero-order chi connectivity index (χ0) is 17.6. The normalized spacial score (nSPS) is 27.8. The maximum atomic E-state index is 13.1. The van der Waals surface area contributed by atoms with Gasteiger partial charge in [-0.15, -0.1) is 0 Å². The Morgan fingerprint density at radius 2 is 1.88 bits per heavy atom. The number of Topliss-reactive ketones (excluding diaryl/α,β-unsaturated/α-hetero) is 1. The van der Waals surface area contributed by atoms with E-state index in [1.54, 1.807) is 6.07 Å². The highest BCUT2D eigenvalue weighted by atomic mass is 16.5. The monoisotopic (exact) mass is 341 g/mol. The molecule has 0 saturated heterocycles. The van der Waals surface area contributed by atoms with Crippen LogP contribution in [-0.2, 0) is 20.7 Å². The minimum atomic E-state index is -0.355. The summed E-state index contributed by atoms with van der Waals surface area (Å²) < 4.78 is 4.77. The average molecular weight is 341 g/mol. The van der Waals surface area contributed by atoms with Crippen LogP contribution in [0.1, 0.15) is 48.0 Å². The summed E-state index contributed by atoms with van der Waals surface area (Å²) in [4.78, 5) is 38.9. The van der Waals surface area contributed by atoms with Gasteiger partial charge >= 0.3 is 5.97 Å². The van der Waals surface area contributed by atoms with Crippen molar-refractivity contribution in [3.63, 3.8) is 0 Å². The van der Waals surface area contributed by atoms with Crippen LogP contribution in [-0.4, -0.2) is 31.3 Å². The number of esters is 1. The fraction of sp³-hybridized carbons (Fsp3) is 0.550. The average Bonchev–Trinajstić information content (AvgIpc) is 3.03. The molecule has 2 saturated carbocycles. The third-order valence-corrected chi connectivity index (χ3v) is 6.06. The van der Waals surface area contributed by atoms with Gasteiger partial charge in [-0.1, -0.05) is 6.42 Å². The number of anilines is 1. The number of hydrogen-bond donors (Lipinski definition) is 0. The number of methoxy groups -OCH3 is 1. The summed E-state index contributed by atoms with van der Waals surface area (Å²) in [6.45, 7) is 0.651. The summed E-state index contributed by atoms with van der Waals surface area (Å²) in [7, 11) is 1.37. The molecule has 25 heavy (non-hydrogen) atoms.